The van der Waals surface area contributed by atoms with E-state index in [1.165, 1.54) is 0 Å². The molecule has 2 unspecified atom stereocenters. The molecule has 0 spiro atoms. The maximum Gasteiger partial charge on any atom is 0.328 e. The third-order valence-corrected chi connectivity index (χ3v) is 2.84. The van der Waals surface area contributed by atoms with Gasteiger partial charge in [0.15, 0.2) is 29.1 Å². The molecule has 1 aromatic heterocycles. The minimum atomic E-state index is -1.60. The molecule has 13 heteroatoms. The van der Waals surface area contributed by atoms with Crippen molar-refractivity contribution in [3.63, 3.8) is 0 Å². The van der Waals surface area contributed by atoms with E-state index in [0.717, 1.165) is 0 Å². The number of hydrogen-bond acceptors (Lipinski definition) is 10. The number of aldehydes is 1. The summed E-state index contributed by atoms with van der Waals surface area (Å²) in [5.74, 6) is -4.59. The SMILES string of the molecule is Nc1nc(C(=O)NC(CO)C(=O)O)c(N)nc1C(=O)NC(C=O)CO. The number of nitrogens with zero attached hydrogens (tertiary/aromatic N) is 2. The van der Waals surface area contributed by atoms with Crippen LogP contribution in [0.4, 0.5) is 11.6 Å². The molecular formula is C12H16N6O7. The number of nitrogen functional groups attached to an aromatic ring is 2. The van der Waals surface area contributed by atoms with Crippen LogP contribution in [0.25, 0.3) is 0 Å². The summed E-state index contributed by atoms with van der Waals surface area (Å²) in [6, 6.07) is -2.80. The molecule has 2 amide bonds. The van der Waals surface area contributed by atoms with Gasteiger partial charge >= 0.3 is 5.97 Å². The van der Waals surface area contributed by atoms with Crippen LogP contribution in [0.1, 0.15) is 21.0 Å². The first-order valence-corrected chi connectivity index (χ1v) is 6.69. The summed E-state index contributed by atoms with van der Waals surface area (Å²) in [6.45, 7) is -1.53. The number of carboxylic acids is 1. The Morgan fingerprint density at radius 3 is 1.84 bits per heavy atom. The molecule has 0 aliphatic rings. The Hall–Kier alpha value is -3.32. The van der Waals surface area contributed by atoms with Crippen LogP contribution in [0.2, 0.25) is 0 Å². The molecule has 0 bridgehead atoms. The number of hydrogen-bond donors (Lipinski definition) is 7. The number of aromatic nitrogens is 2. The van der Waals surface area contributed by atoms with E-state index in [1.54, 1.807) is 0 Å². The van der Waals surface area contributed by atoms with Crippen molar-refractivity contribution >= 4 is 35.7 Å². The van der Waals surface area contributed by atoms with Gasteiger partial charge in [-0.25, -0.2) is 14.8 Å². The van der Waals surface area contributed by atoms with Crippen LogP contribution in [0.5, 0.6) is 0 Å². The topological polar surface area (TPSA) is 231 Å². The Labute approximate surface area is 140 Å². The van der Waals surface area contributed by atoms with Gasteiger partial charge in [-0.3, -0.25) is 9.59 Å². The molecule has 0 radical (unpaired) electrons. The van der Waals surface area contributed by atoms with Crippen LogP contribution in [0, 0.1) is 0 Å². The van der Waals surface area contributed by atoms with Gasteiger partial charge in [0.2, 0.25) is 0 Å². The molecule has 0 saturated heterocycles. The second kappa shape index (κ2) is 8.51. The molecule has 0 fully saturated rings. The lowest BCUT2D eigenvalue weighted by atomic mass is 10.2. The summed E-state index contributed by atoms with van der Waals surface area (Å²) in [7, 11) is 0. The zero-order valence-electron chi connectivity index (χ0n) is 12.7. The number of anilines is 2. The van der Waals surface area contributed by atoms with Crippen molar-refractivity contribution in [3.05, 3.63) is 11.4 Å². The maximum absolute atomic E-state index is 11.9. The molecule has 13 nitrogen and oxygen atoms in total. The minimum Gasteiger partial charge on any atom is -0.480 e. The Morgan fingerprint density at radius 1 is 1.00 bits per heavy atom. The van der Waals surface area contributed by atoms with Crippen molar-refractivity contribution < 1.29 is 34.5 Å². The summed E-state index contributed by atoms with van der Waals surface area (Å²) in [4.78, 5) is 52.4. The van der Waals surface area contributed by atoms with Crippen molar-refractivity contribution in [2.45, 2.75) is 12.1 Å². The molecule has 1 rings (SSSR count). The van der Waals surface area contributed by atoms with Crippen LogP contribution < -0.4 is 22.1 Å². The second-order valence-electron chi connectivity index (χ2n) is 4.64. The van der Waals surface area contributed by atoms with Crippen LogP contribution in [-0.4, -0.2) is 74.7 Å². The molecule has 136 valence electrons. The highest BCUT2D eigenvalue weighted by molar-refractivity contribution is 6.02. The average Bonchev–Trinajstić information content (AvgIpc) is 2.58. The van der Waals surface area contributed by atoms with E-state index in [2.05, 4.69) is 15.3 Å². The molecule has 25 heavy (non-hydrogen) atoms. The summed E-state index contributed by atoms with van der Waals surface area (Å²) >= 11 is 0. The van der Waals surface area contributed by atoms with Gasteiger partial charge in [0.25, 0.3) is 11.8 Å². The summed E-state index contributed by atoms with van der Waals surface area (Å²) in [5.41, 5.74) is 10.00. The van der Waals surface area contributed by atoms with Gasteiger partial charge in [-0.2, -0.15) is 0 Å². The fourth-order valence-corrected chi connectivity index (χ4v) is 1.57. The molecule has 0 aliphatic heterocycles. The normalized spacial score (nSPS) is 12.7. The number of aliphatic hydroxyl groups is 2. The van der Waals surface area contributed by atoms with E-state index in [9.17, 15) is 19.2 Å². The van der Waals surface area contributed by atoms with Gasteiger partial charge in [0, 0.05) is 0 Å². The monoisotopic (exact) mass is 356 g/mol. The van der Waals surface area contributed by atoms with Gasteiger partial charge in [0.1, 0.15) is 12.3 Å². The fraction of sp³-hybridized carbons (Fsp3) is 0.333. The summed E-state index contributed by atoms with van der Waals surface area (Å²) in [5, 5.41) is 30.5. The highest BCUT2D eigenvalue weighted by Gasteiger charge is 2.25. The number of amides is 2. The first kappa shape index (κ1) is 19.7. The Balaban J connectivity index is 3.06. The van der Waals surface area contributed by atoms with Crippen molar-refractivity contribution in [1.29, 1.82) is 0 Å². The maximum atomic E-state index is 11.9. The number of aliphatic carboxylic acids is 1. The molecule has 0 aliphatic carbocycles. The number of nitrogens with two attached hydrogens (primary N) is 2. The van der Waals surface area contributed by atoms with Crippen LogP contribution in [-0.2, 0) is 9.59 Å². The van der Waals surface area contributed by atoms with Gasteiger partial charge < -0.3 is 42.2 Å². The highest BCUT2D eigenvalue weighted by Crippen LogP contribution is 2.13. The van der Waals surface area contributed by atoms with E-state index in [1.807, 2.05) is 5.32 Å². The lowest BCUT2D eigenvalue weighted by molar-refractivity contribution is -0.140. The fourth-order valence-electron chi connectivity index (χ4n) is 1.57. The smallest absolute Gasteiger partial charge is 0.328 e. The Morgan fingerprint density at radius 2 is 1.48 bits per heavy atom. The van der Waals surface area contributed by atoms with E-state index in [-0.39, 0.29) is 6.29 Å². The van der Waals surface area contributed by atoms with E-state index < -0.39 is 66.1 Å². The lowest BCUT2D eigenvalue weighted by Gasteiger charge is -2.14. The predicted octanol–water partition coefficient (Wildman–Crippen LogP) is -3.89. The van der Waals surface area contributed by atoms with Crippen LogP contribution in [0.15, 0.2) is 0 Å². The minimum absolute atomic E-state index is 0.285. The number of nitrogens with one attached hydrogen (secondary N) is 2. The lowest BCUT2D eigenvalue weighted by Crippen LogP contribution is -2.44. The van der Waals surface area contributed by atoms with Crippen molar-refractivity contribution in [2.75, 3.05) is 24.7 Å². The van der Waals surface area contributed by atoms with Crippen molar-refractivity contribution in [2.24, 2.45) is 0 Å². The third-order valence-electron chi connectivity index (χ3n) is 2.84. The van der Waals surface area contributed by atoms with Crippen molar-refractivity contribution in [1.82, 2.24) is 20.6 Å². The standard InChI is InChI=1S/C12H16N6O7/c13-8-6(10(22)15-4(1-19)2-20)17-9(14)7(18-8)11(23)16-5(3-21)12(24)25/h1,4-5,20-21H,2-3H2,(H2,13,18)(H2,14,17)(H,15,22)(H,16,23)(H,24,25). The molecule has 1 aromatic rings. The molecule has 9 N–H and O–H groups in total. The number of rotatable bonds is 8. The van der Waals surface area contributed by atoms with Gasteiger partial charge in [0.05, 0.1) is 13.2 Å². The molecular weight excluding hydrogens is 340 g/mol. The van der Waals surface area contributed by atoms with Gasteiger partial charge in [-0.1, -0.05) is 0 Å². The van der Waals surface area contributed by atoms with Crippen LogP contribution >= 0.6 is 0 Å². The predicted molar refractivity (Wildman–Crippen MR) is 81.2 cm³/mol. The summed E-state index contributed by atoms with van der Waals surface area (Å²) in [6.07, 6.45) is 0.285. The first-order chi connectivity index (χ1) is 11.7. The average molecular weight is 356 g/mol. The number of carboxylic acid groups (broad SMARTS) is 1. The van der Waals surface area contributed by atoms with E-state index in [4.69, 9.17) is 26.8 Å². The largest absolute Gasteiger partial charge is 0.480 e. The molecule has 1 heterocycles. The first-order valence-electron chi connectivity index (χ1n) is 6.69. The van der Waals surface area contributed by atoms with E-state index in [0.29, 0.717) is 0 Å². The van der Waals surface area contributed by atoms with Crippen molar-refractivity contribution in [3.8, 4) is 0 Å². The summed E-state index contributed by atoms with van der Waals surface area (Å²) < 4.78 is 0. The zero-order chi connectivity index (χ0) is 19.1. The quantitative estimate of drug-likeness (QED) is 0.222. The van der Waals surface area contributed by atoms with Crippen LogP contribution in [0.3, 0.4) is 0 Å². The highest BCUT2D eigenvalue weighted by atomic mass is 16.4. The molecule has 0 aromatic carbocycles. The molecule has 0 saturated carbocycles. The van der Waals surface area contributed by atoms with Gasteiger partial charge in [-0.05, 0) is 0 Å². The van der Waals surface area contributed by atoms with E-state index >= 15 is 0 Å². The van der Waals surface area contributed by atoms with Gasteiger partial charge in [-0.15, -0.1) is 0 Å². The Bertz CT molecular complexity index is 695. The number of aliphatic hydroxyl groups excluding tert-OH is 2. The number of carbonyl (C=O) groups excluding carboxylic acids is 3. The molecule has 2 atom stereocenters. The second-order valence-corrected chi connectivity index (χ2v) is 4.64. The number of carbonyl (C=O) groups is 4. The Kier molecular flexibility index (Phi) is 6.71. The third kappa shape index (κ3) is 4.82. The zero-order valence-corrected chi connectivity index (χ0v) is 12.7.